The van der Waals surface area contributed by atoms with Gasteiger partial charge in [-0.2, -0.15) is 13.2 Å². The van der Waals surface area contributed by atoms with E-state index in [-0.39, 0.29) is 18.5 Å². The van der Waals surface area contributed by atoms with Crippen LogP contribution >= 0.6 is 11.8 Å². The van der Waals surface area contributed by atoms with Crippen LogP contribution in [-0.2, 0) is 25.4 Å². The lowest BCUT2D eigenvalue weighted by Gasteiger charge is -2.24. The molecule has 2 aromatic rings. The Balaban J connectivity index is 1.41. The van der Waals surface area contributed by atoms with Crippen LogP contribution in [0.5, 0.6) is 0 Å². The molecule has 2 aliphatic rings. The largest absolute Gasteiger partial charge is 0.481 e. The number of rotatable bonds is 6. The zero-order valence-corrected chi connectivity index (χ0v) is 19.5. The highest BCUT2D eigenvalue weighted by atomic mass is 32.2. The molecule has 0 aromatic heterocycles. The van der Waals surface area contributed by atoms with Gasteiger partial charge in [-0.1, -0.05) is 18.2 Å². The minimum Gasteiger partial charge on any atom is -0.481 e. The van der Waals surface area contributed by atoms with E-state index in [1.807, 2.05) is 0 Å². The average Bonchev–Trinajstić information content (AvgIpc) is 3.12. The van der Waals surface area contributed by atoms with Gasteiger partial charge in [0.2, 0.25) is 17.7 Å². The van der Waals surface area contributed by atoms with Crippen molar-refractivity contribution in [3.05, 3.63) is 66.2 Å². The molecule has 11 heteroatoms. The molecule has 0 bridgehead atoms. The monoisotopic (exact) mass is 518 g/mol. The third-order valence-corrected chi connectivity index (χ3v) is 7.22. The summed E-state index contributed by atoms with van der Waals surface area (Å²) in [6.45, 7) is 0. The van der Waals surface area contributed by atoms with Gasteiger partial charge in [0.1, 0.15) is 0 Å². The normalized spacial score (nSPS) is 22.1. The number of amides is 3. The van der Waals surface area contributed by atoms with Crippen LogP contribution in [0.1, 0.15) is 24.8 Å². The maximum atomic E-state index is 13.0. The van der Waals surface area contributed by atoms with Crippen molar-refractivity contribution in [1.82, 2.24) is 0 Å². The van der Waals surface area contributed by atoms with Crippen molar-refractivity contribution in [2.45, 2.75) is 35.6 Å². The molecular formula is C25H21F3N2O5S. The van der Waals surface area contributed by atoms with Crippen molar-refractivity contribution < 1.29 is 37.5 Å². The minimum atomic E-state index is -4.60. The van der Waals surface area contributed by atoms with Gasteiger partial charge in [-0.3, -0.25) is 19.2 Å². The number of allylic oxidation sites excluding steroid dienone is 2. The van der Waals surface area contributed by atoms with Gasteiger partial charge in [0, 0.05) is 17.0 Å². The highest BCUT2D eigenvalue weighted by molar-refractivity contribution is 8.00. The first kappa shape index (κ1) is 25.5. The van der Waals surface area contributed by atoms with E-state index in [4.69, 9.17) is 0 Å². The maximum absolute atomic E-state index is 13.0. The van der Waals surface area contributed by atoms with Crippen LogP contribution in [0.4, 0.5) is 24.5 Å². The van der Waals surface area contributed by atoms with Crippen LogP contribution in [0.15, 0.2) is 65.6 Å². The lowest BCUT2D eigenvalue weighted by Crippen LogP contribution is -2.34. The van der Waals surface area contributed by atoms with Crippen molar-refractivity contribution in [2.24, 2.45) is 11.8 Å². The van der Waals surface area contributed by atoms with Gasteiger partial charge in [0.25, 0.3) is 0 Å². The summed E-state index contributed by atoms with van der Waals surface area (Å²) in [7, 11) is 0. The van der Waals surface area contributed by atoms with Gasteiger partial charge < -0.3 is 10.4 Å². The smallest absolute Gasteiger partial charge is 0.416 e. The summed E-state index contributed by atoms with van der Waals surface area (Å²) in [5.41, 5.74) is -0.631. The summed E-state index contributed by atoms with van der Waals surface area (Å²) >= 11 is 1.10. The molecule has 1 fully saturated rings. The van der Waals surface area contributed by atoms with Crippen molar-refractivity contribution in [1.29, 1.82) is 0 Å². The average molecular weight is 519 g/mol. The second-order valence-electron chi connectivity index (χ2n) is 8.43. The Morgan fingerprint density at radius 1 is 1.00 bits per heavy atom. The summed E-state index contributed by atoms with van der Waals surface area (Å²) in [6, 6.07) is 10.5. The van der Waals surface area contributed by atoms with Gasteiger partial charge in [-0.05, 0) is 55.3 Å². The van der Waals surface area contributed by atoms with E-state index in [0.717, 1.165) is 34.9 Å². The summed E-state index contributed by atoms with van der Waals surface area (Å²) in [5.74, 6) is -4.11. The number of carboxylic acids is 1. The number of nitrogens with one attached hydrogen (secondary N) is 1. The molecule has 0 radical (unpaired) electrons. The fourth-order valence-electron chi connectivity index (χ4n) is 4.18. The third kappa shape index (κ3) is 5.46. The number of carbonyl (C=O) groups excluding carboxylic acids is 3. The van der Waals surface area contributed by atoms with Gasteiger partial charge in [-0.15, -0.1) is 11.8 Å². The lowest BCUT2D eigenvalue weighted by molar-refractivity contribution is -0.146. The SMILES string of the molecule is O=C(O)[C@@H]1CC=CC[C@H]1C(=O)Nc1ccc(S[C@@H]2CC(=O)N(c3cccc(C(F)(F)F)c3)C2=O)cc1. The third-order valence-electron chi connectivity index (χ3n) is 6.02. The molecule has 3 atom stereocenters. The van der Waals surface area contributed by atoms with Crippen LogP contribution in [0.3, 0.4) is 0 Å². The minimum absolute atomic E-state index is 0.127. The number of carboxylic acid groups (broad SMARTS) is 1. The predicted octanol–water partition coefficient (Wildman–Crippen LogP) is 4.74. The van der Waals surface area contributed by atoms with Crippen LogP contribution in [0.25, 0.3) is 0 Å². The van der Waals surface area contributed by atoms with Crippen molar-refractivity contribution in [2.75, 3.05) is 10.2 Å². The molecule has 0 saturated carbocycles. The van der Waals surface area contributed by atoms with E-state index in [1.165, 1.54) is 6.07 Å². The van der Waals surface area contributed by atoms with E-state index >= 15 is 0 Å². The van der Waals surface area contributed by atoms with E-state index in [2.05, 4.69) is 5.32 Å². The number of thioether (sulfide) groups is 1. The summed E-state index contributed by atoms with van der Waals surface area (Å²) in [6.07, 6.45) is -0.616. The maximum Gasteiger partial charge on any atom is 0.416 e. The molecule has 1 aliphatic heterocycles. The second kappa shape index (κ2) is 10.2. The van der Waals surface area contributed by atoms with Gasteiger partial charge >= 0.3 is 12.1 Å². The number of anilines is 2. The number of hydrogen-bond acceptors (Lipinski definition) is 5. The topological polar surface area (TPSA) is 104 Å². The van der Waals surface area contributed by atoms with Crippen LogP contribution in [0, 0.1) is 11.8 Å². The zero-order valence-electron chi connectivity index (χ0n) is 18.7. The van der Waals surface area contributed by atoms with Crippen LogP contribution in [0.2, 0.25) is 0 Å². The molecule has 1 saturated heterocycles. The Hall–Kier alpha value is -3.60. The highest BCUT2D eigenvalue weighted by Crippen LogP contribution is 2.37. The quantitative estimate of drug-likeness (QED) is 0.423. The van der Waals surface area contributed by atoms with Crippen LogP contribution in [-0.4, -0.2) is 34.0 Å². The molecule has 7 nitrogen and oxygen atoms in total. The molecule has 0 spiro atoms. The number of benzene rings is 2. The molecule has 188 valence electrons. The number of imide groups is 1. The van der Waals surface area contributed by atoms with E-state index in [9.17, 15) is 37.5 Å². The lowest BCUT2D eigenvalue weighted by atomic mass is 9.82. The Morgan fingerprint density at radius 3 is 2.31 bits per heavy atom. The first-order valence-corrected chi connectivity index (χ1v) is 11.9. The highest BCUT2D eigenvalue weighted by Gasteiger charge is 2.41. The fourth-order valence-corrected chi connectivity index (χ4v) is 5.24. The predicted molar refractivity (Wildman–Crippen MR) is 126 cm³/mol. The van der Waals surface area contributed by atoms with E-state index in [1.54, 1.807) is 36.4 Å². The molecule has 3 amide bonds. The summed E-state index contributed by atoms with van der Waals surface area (Å²) in [4.78, 5) is 50.8. The molecular weight excluding hydrogens is 497 g/mol. The molecule has 1 aliphatic carbocycles. The molecule has 0 unspecified atom stereocenters. The number of nitrogens with zero attached hydrogens (tertiary/aromatic N) is 1. The van der Waals surface area contributed by atoms with E-state index in [0.29, 0.717) is 17.0 Å². The first-order valence-electron chi connectivity index (χ1n) is 11.0. The molecule has 2 aromatic carbocycles. The molecule has 36 heavy (non-hydrogen) atoms. The van der Waals surface area contributed by atoms with E-state index < -0.39 is 52.5 Å². The number of hydrogen-bond donors (Lipinski definition) is 2. The Labute approximate surface area is 208 Å². The molecule has 2 N–H and O–H groups in total. The number of carbonyl (C=O) groups is 4. The molecule has 4 rings (SSSR count). The second-order valence-corrected chi connectivity index (χ2v) is 9.71. The number of aliphatic carboxylic acids is 1. The zero-order chi connectivity index (χ0) is 26.0. The number of alkyl halides is 3. The van der Waals surface area contributed by atoms with Crippen LogP contribution < -0.4 is 10.2 Å². The number of halogens is 3. The summed E-state index contributed by atoms with van der Waals surface area (Å²) in [5, 5.41) is 11.3. The Kier molecular flexibility index (Phi) is 7.21. The standard InChI is InChI=1S/C25H21F3N2O5S/c26-25(27,28)14-4-3-5-16(12-14)30-21(31)13-20(23(30)33)36-17-10-8-15(9-11-17)29-22(32)18-6-1-2-7-19(18)24(34)35/h1-5,8-12,18-20H,6-7,13H2,(H,29,32)(H,34,35)/t18-,19-,20-/m1/s1. The fraction of sp³-hybridized carbons (Fsp3) is 0.280. The Bertz CT molecular complexity index is 1230. The van der Waals surface area contributed by atoms with Gasteiger partial charge in [0.05, 0.1) is 28.3 Å². The molecule has 1 heterocycles. The first-order chi connectivity index (χ1) is 17.0. The van der Waals surface area contributed by atoms with Gasteiger partial charge in [0.15, 0.2) is 0 Å². The Morgan fingerprint density at radius 2 is 1.67 bits per heavy atom. The van der Waals surface area contributed by atoms with Gasteiger partial charge in [-0.25, -0.2) is 4.90 Å². The van der Waals surface area contributed by atoms with Crippen molar-refractivity contribution in [3.63, 3.8) is 0 Å². The summed E-state index contributed by atoms with van der Waals surface area (Å²) < 4.78 is 39.1. The van der Waals surface area contributed by atoms with Crippen molar-refractivity contribution in [3.8, 4) is 0 Å². The van der Waals surface area contributed by atoms with Crippen molar-refractivity contribution >= 4 is 46.8 Å².